The van der Waals surface area contributed by atoms with Gasteiger partial charge in [-0.15, -0.1) is 0 Å². The highest BCUT2D eigenvalue weighted by Gasteiger charge is 2.35. The maximum atomic E-state index is 14.4. The van der Waals surface area contributed by atoms with Crippen LogP contribution in [-0.4, -0.2) is 56.7 Å². The van der Waals surface area contributed by atoms with Gasteiger partial charge >= 0.3 is 6.18 Å². The van der Waals surface area contributed by atoms with Gasteiger partial charge in [-0.1, -0.05) is 36.2 Å². The second-order valence-corrected chi connectivity index (χ2v) is 10.2. The van der Waals surface area contributed by atoms with E-state index >= 15 is 0 Å². The molecule has 4 rings (SSSR count). The van der Waals surface area contributed by atoms with Gasteiger partial charge in [0.1, 0.15) is 21.5 Å². The zero-order chi connectivity index (χ0) is 26.7. The first kappa shape index (κ1) is 27.9. The molecule has 37 heavy (non-hydrogen) atoms. The second kappa shape index (κ2) is 11.7. The van der Waals surface area contributed by atoms with Gasteiger partial charge in [0.2, 0.25) is 0 Å². The number of rotatable bonds is 8. The molecule has 200 valence electrons. The number of piperazine rings is 1. The summed E-state index contributed by atoms with van der Waals surface area (Å²) in [6, 6.07) is 7.71. The smallest absolute Gasteiger partial charge is 0.416 e. The number of hydrogen-bond acceptors (Lipinski definition) is 6. The SMILES string of the molecule is CCN1CCN(Cc2ccc(N(c3ccsc3)c3c(Cl)c(OC)cc(OC)c3Cl)cc2C(F)(F)F)CC1. The summed E-state index contributed by atoms with van der Waals surface area (Å²) in [5.74, 6) is 0.578. The lowest BCUT2D eigenvalue weighted by Gasteiger charge is -2.34. The maximum absolute atomic E-state index is 14.4. The van der Waals surface area contributed by atoms with Gasteiger partial charge < -0.3 is 19.3 Å². The van der Waals surface area contributed by atoms with Gasteiger partial charge in [0, 0.05) is 49.9 Å². The number of halogens is 5. The van der Waals surface area contributed by atoms with Crippen molar-refractivity contribution in [3.8, 4) is 11.5 Å². The molecule has 5 nitrogen and oxygen atoms in total. The summed E-state index contributed by atoms with van der Waals surface area (Å²) in [6.07, 6.45) is -4.55. The zero-order valence-electron chi connectivity index (χ0n) is 20.7. The Morgan fingerprint density at radius 1 is 0.919 bits per heavy atom. The Kier molecular flexibility index (Phi) is 8.81. The number of hydrogen-bond donors (Lipinski definition) is 0. The van der Waals surface area contributed by atoms with Gasteiger partial charge in [0.15, 0.2) is 0 Å². The van der Waals surface area contributed by atoms with Crippen LogP contribution >= 0.6 is 34.5 Å². The molecule has 3 aromatic rings. The van der Waals surface area contributed by atoms with Crippen molar-refractivity contribution in [3.63, 3.8) is 0 Å². The predicted molar refractivity (Wildman–Crippen MR) is 145 cm³/mol. The van der Waals surface area contributed by atoms with Crippen LogP contribution in [0.3, 0.4) is 0 Å². The molecule has 0 radical (unpaired) electrons. The van der Waals surface area contributed by atoms with Crippen molar-refractivity contribution in [2.24, 2.45) is 0 Å². The number of anilines is 3. The molecule has 2 aromatic carbocycles. The highest BCUT2D eigenvalue weighted by Crippen LogP contribution is 2.51. The number of nitrogens with zero attached hydrogens (tertiary/aromatic N) is 3. The van der Waals surface area contributed by atoms with Gasteiger partial charge in [-0.3, -0.25) is 4.90 Å². The molecule has 0 bridgehead atoms. The minimum atomic E-state index is -4.55. The minimum Gasteiger partial charge on any atom is -0.495 e. The molecule has 0 atom stereocenters. The summed E-state index contributed by atoms with van der Waals surface area (Å²) in [4.78, 5) is 5.96. The van der Waals surface area contributed by atoms with Gasteiger partial charge in [-0.2, -0.15) is 24.5 Å². The van der Waals surface area contributed by atoms with Crippen LogP contribution in [0, 0.1) is 0 Å². The fourth-order valence-corrected chi connectivity index (χ4v) is 5.76. The largest absolute Gasteiger partial charge is 0.495 e. The molecule has 1 aliphatic heterocycles. The number of ether oxygens (including phenoxy) is 2. The third-order valence-electron chi connectivity index (χ3n) is 6.50. The lowest BCUT2D eigenvalue weighted by atomic mass is 10.0. The van der Waals surface area contributed by atoms with Crippen LogP contribution in [0.5, 0.6) is 11.5 Å². The van der Waals surface area contributed by atoms with Gasteiger partial charge in [0.25, 0.3) is 0 Å². The van der Waals surface area contributed by atoms with E-state index in [0.717, 1.165) is 38.8 Å². The van der Waals surface area contributed by atoms with Crippen LogP contribution in [0.25, 0.3) is 0 Å². The standard InChI is InChI=1S/C26H28Cl2F3N3O2S/c1-4-32-8-10-33(11-9-32)15-17-5-6-18(13-20(17)26(29,30)31)34(19-7-12-37-16-19)25-23(27)21(35-2)14-22(36-3)24(25)28/h5-7,12-14,16H,4,8-11,15H2,1-3H3. The van der Waals surface area contributed by atoms with E-state index in [9.17, 15) is 13.2 Å². The lowest BCUT2D eigenvalue weighted by molar-refractivity contribution is -0.138. The molecule has 1 aromatic heterocycles. The Balaban J connectivity index is 1.82. The molecular weight excluding hydrogens is 546 g/mol. The van der Waals surface area contributed by atoms with E-state index in [1.165, 1.54) is 25.6 Å². The summed E-state index contributed by atoms with van der Waals surface area (Å²) in [6.45, 7) is 6.39. The highest BCUT2D eigenvalue weighted by atomic mass is 35.5. The van der Waals surface area contributed by atoms with E-state index in [4.69, 9.17) is 32.7 Å². The summed E-state index contributed by atoms with van der Waals surface area (Å²) in [5, 5.41) is 3.96. The molecule has 0 amide bonds. The summed E-state index contributed by atoms with van der Waals surface area (Å²) in [7, 11) is 2.90. The third kappa shape index (κ3) is 5.96. The van der Waals surface area contributed by atoms with Crippen molar-refractivity contribution in [2.45, 2.75) is 19.6 Å². The van der Waals surface area contributed by atoms with Crippen LogP contribution in [0.2, 0.25) is 10.0 Å². The Morgan fingerprint density at radius 2 is 1.54 bits per heavy atom. The van der Waals surface area contributed by atoms with E-state index < -0.39 is 11.7 Å². The Hall–Kier alpha value is -2.17. The van der Waals surface area contributed by atoms with Crippen molar-refractivity contribution >= 4 is 51.6 Å². The molecule has 0 unspecified atom stereocenters. The molecular formula is C26H28Cl2F3N3O2S. The fraction of sp³-hybridized carbons (Fsp3) is 0.385. The van der Waals surface area contributed by atoms with E-state index in [0.29, 0.717) is 5.69 Å². The first-order valence-electron chi connectivity index (χ1n) is 11.7. The lowest BCUT2D eigenvalue weighted by Crippen LogP contribution is -2.45. The highest BCUT2D eigenvalue weighted by molar-refractivity contribution is 7.08. The monoisotopic (exact) mass is 573 g/mol. The van der Waals surface area contributed by atoms with Crippen molar-refractivity contribution in [3.05, 3.63) is 62.3 Å². The van der Waals surface area contributed by atoms with Crippen molar-refractivity contribution in [2.75, 3.05) is 51.8 Å². The summed E-state index contributed by atoms with van der Waals surface area (Å²) in [5.41, 5.74) is 0.691. The number of likely N-dealkylation sites (N-methyl/N-ethyl adjacent to an activating group) is 1. The molecule has 0 N–H and O–H groups in total. The molecule has 1 saturated heterocycles. The van der Waals surface area contributed by atoms with E-state index in [2.05, 4.69) is 16.7 Å². The summed E-state index contributed by atoms with van der Waals surface area (Å²) >= 11 is 14.8. The van der Waals surface area contributed by atoms with E-state index in [-0.39, 0.29) is 45.0 Å². The van der Waals surface area contributed by atoms with Crippen molar-refractivity contribution in [1.82, 2.24) is 9.80 Å². The molecule has 0 spiro atoms. The fourth-order valence-electron chi connectivity index (χ4n) is 4.47. The molecule has 11 heteroatoms. The first-order valence-corrected chi connectivity index (χ1v) is 13.4. The Bertz CT molecular complexity index is 1190. The van der Waals surface area contributed by atoms with Crippen LogP contribution in [0.15, 0.2) is 41.1 Å². The number of benzene rings is 2. The molecule has 2 heterocycles. The normalized spacial score (nSPS) is 15.1. The first-order chi connectivity index (χ1) is 17.7. The van der Waals surface area contributed by atoms with Crippen molar-refractivity contribution in [1.29, 1.82) is 0 Å². The zero-order valence-corrected chi connectivity index (χ0v) is 23.1. The average Bonchev–Trinajstić information content (AvgIpc) is 3.41. The minimum absolute atomic E-state index is 0.158. The van der Waals surface area contributed by atoms with Gasteiger partial charge in [0.05, 0.1) is 31.2 Å². The van der Waals surface area contributed by atoms with E-state index in [1.807, 2.05) is 10.8 Å². The predicted octanol–water partition coefficient (Wildman–Crippen LogP) is 7.70. The van der Waals surface area contributed by atoms with Gasteiger partial charge in [-0.05, 0) is 35.7 Å². The van der Waals surface area contributed by atoms with Crippen LogP contribution in [0.4, 0.5) is 30.2 Å². The topological polar surface area (TPSA) is 28.2 Å². The summed E-state index contributed by atoms with van der Waals surface area (Å²) < 4.78 is 53.9. The quantitative estimate of drug-likeness (QED) is 0.275. The van der Waals surface area contributed by atoms with Crippen LogP contribution in [0.1, 0.15) is 18.1 Å². The molecule has 0 aliphatic carbocycles. The van der Waals surface area contributed by atoms with Crippen LogP contribution in [-0.2, 0) is 12.7 Å². The number of thiophene rings is 1. The van der Waals surface area contributed by atoms with Crippen LogP contribution < -0.4 is 14.4 Å². The van der Waals surface area contributed by atoms with Gasteiger partial charge in [-0.25, -0.2) is 0 Å². The van der Waals surface area contributed by atoms with Crippen molar-refractivity contribution < 1.29 is 22.6 Å². The maximum Gasteiger partial charge on any atom is 0.416 e. The Morgan fingerprint density at radius 3 is 2.05 bits per heavy atom. The average molecular weight is 574 g/mol. The Labute approximate surface area is 228 Å². The molecule has 1 fully saturated rings. The molecule has 0 saturated carbocycles. The number of alkyl halides is 3. The third-order valence-corrected chi connectivity index (χ3v) is 7.90. The van der Waals surface area contributed by atoms with E-state index in [1.54, 1.807) is 29.2 Å². The molecule has 1 aliphatic rings. The number of methoxy groups -OCH3 is 2. The second-order valence-electron chi connectivity index (χ2n) is 8.62.